The largest absolute Gasteiger partial charge is 0.479 e. The second-order valence-electron chi connectivity index (χ2n) is 5.91. The first-order valence-electron chi connectivity index (χ1n) is 6.70. The van der Waals surface area contributed by atoms with Gasteiger partial charge in [0, 0.05) is 6.42 Å². The van der Waals surface area contributed by atoms with Crippen molar-refractivity contribution in [3.8, 4) is 0 Å². The quantitative estimate of drug-likeness (QED) is 0.811. The second-order valence-corrected chi connectivity index (χ2v) is 5.91. The zero-order chi connectivity index (χ0) is 18.0. The first-order valence-corrected chi connectivity index (χ1v) is 6.70. The Morgan fingerprint density at radius 2 is 1.83 bits per heavy atom. The van der Waals surface area contributed by atoms with Gasteiger partial charge in [-0.1, -0.05) is 26.0 Å². The zero-order valence-corrected chi connectivity index (χ0v) is 12.8. The van der Waals surface area contributed by atoms with Crippen LogP contribution >= 0.6 is 0 Å². The number of halogens is 4. The number of hydrogen-bond acceptors (Lipinski definition) is 2. The number of benzene rings is 1. The molecule has 23 heavy (non-hydrogen) atoms. The molecular formula is C15H17F4NO3. The monoisotopic (exact) mass is 335 g/mol. The van der Waals surface area contributed by atoms with E-state index in [1.807, 2.05) is 5.32 Å². The van der Waals surface area contributed by atoms with Crippen LogP contribution in [0.3, 0.4) is 0 Å². The molecular weight excluding hydrogens is 318 g/mol. The van der Waals surface area contributed by atoms with Gasteiger partial charge in [0.15, 0.2) is 6.04 Å². The minimum Gasteiger partial charge on any atom is -0.479 e. The predicted octanol–water partition coefficient (Wildman–Crippen LogP) is 3.35. The molecule has 1 unspecified atom stereocenters. The molecule has 0 spiro atoms. The molecule has 0 saturated carbocycles. The molecule has 1 amide bonds. The number of aryl methyl sites for hydroxylation is 1. The number of rotatable bonds is 5. The highest BCUT2D eigenvalue weighted by atomic mass is 19.4. The first kappa shape index (κ1) is 18.9. The van der Waals surface area contributed by atoms with E-state index in [1.165, 1.54) is 13.0 Å². The molecule has 0 aliphatic rings. The molecule has 1 rings (SSSR count). The Morgan fingerprint density at radius 3 is 2.26 bits per heavy atom. The molecule has 0 saturated heterocycles. The topological polar surface area (TPSA) is 66.4 Å². The summed E-state index contributed by atoms with van der Waals surface area (Å²) in [6.45, 7) is 3.11. The third-order valence-corrected chi connectivity index (χ3v) is 3.44. The maximum atomic E-state index is 13.2. The fourth-order valence-electron chi connectivity index (χ4n) is 1.85. The van der Waals surface area contributed by atoms with Crippen molar-refractivity contribution in [1.82, 2.24) is 5.32 Å². The van der Waals surface area contributed by atoms with E-state index in [0.717, 1.165) is 26.0 Å². The number of alkyl halides is 3. The zero-order valence-electron chi connectivity index (χ0n) is 12.8. The summed E-state index contributed by atoms with van der Waals surface area (Å²) in [4.78, 5) is 23.1. The summed E-state index contributed by atoms with van der Waals surface area (Å²) in [5, 5.41) is 11.2. The van der Waals surface area contributed by atoms with Gasteiger partial charge in [0.1, 0.15) is 5.82 Å². The van der Waals surface area contributed by atoms with Crippen LogP contribution in [0.15, 0.2) is 18.2 Å². The van der Waals surface area contributed by atoms with Gasteiger partial charge < -0.3 is 10.4 Å². The van der Waals surface area contributed by atoms with Crippen molar-refractivity contribution in [3.05, 3.63) is 35.1 Å². The van der Waals surface area contributed by atoms with Crippen molar-refractivity contribution in [2.24, 2.45) is 5.41 Å². The second kappa shape index (κ2) is 6.55. The van der Waals surface area contributed by atoms with Crippen LogP contribution in [0.25, 0.3) is 0 Å². The Hall–Kier alpha value is -2.12. The van der Waals surface area contributed by atoms with Crippen LogP contribution in [0.4, 0.5) is 17.6 Å². The Morgan fingerprint density at radius 1 is 1.26 bits per heavy atom. The van der Waals surface area contributed by atoms with Crippen molar-refractivity contribution in [2.75, 3.05) is 0 Å². The van der Waals surface area contributed by atoms with Gasteiger partial charge in [0.25, 0.3) is 0 Å². The van der Waals surface area contributed by atoms with Gasteiger partial charge in [0.2, 0.25) is 5.91 Å². The number of amides is 1. The van der Waals surface area contributed by atoms with Crippen molar-refractivity contribution in [3.63, 3.8) is 0 Å². The highest BCUT2D eigenvalue weighted by molar-refractivity contribution is 5.84. The fraction of sp³-hybridized carbons (Fsp3) is 0.467. The van der Waals surface area contributed by atoms with Crippen LogP contribution in [0.1, 0.15) is 37.4 Å². The Bertz CT molecular complexity index is 611. The molecule has 0 aliphatic heterocycles. The maximum absolute atomic E-state index is 13.2. The third kappa shape index (κ3) is 4.67. The third-order valence-electron chi connectivity index (χ3n) is 3.44. The summed E-state index contributed by atoms with van der Waals surface area (Å²) in [5.74, 6) is -3.06. The molecule has 128 valence electrons. The van der Waals surface area contributed by atoms with E-state index in [9.17, 15) is 27.2 Å². The highest BCUT2D eigenvalue weighted by Gasteiger charge is 2.48. The average Bonchev–Trinajstić information content (AvgIpc) is 2.37. The predicted molar refractivity (Wildman–Crippen MR) is 74.1 cm³/mol. The highest BCUT2D eigenvalue weighted by Crippen LogP contribution is 2.40. The lowest BCUT2D eigenvalue weighted by Gasteiger charge is -2.27. The molecule has 2 N–H and O–H groups in total. The van der Waals surface area contributed by atoms with Crippen LogP contribution in [0.2, 0.25) is 0 Å². The van der Waals surface area contributed by atoms with Gasteiger partial charge in [-0.3, -0.25) is 4.79 Å². The van der Waals surface area contributed by atoms with Gasteiger partial charge >= 0.3 is 12.1 Å². The van der Waals surface area contributed by atoms with Crippen LogP contribution in [0, 0.1) is 18.2 Å². The summed E-state index contributed by atoms with van der Waals surface area (Å²) in [6.07, 6.45) is -5.52. The molecule has 1 atom stereocenters. The van der Waals surface area contributed by atoms with Gasteiger partial charge in [-0.15, -0.1) is 0 Å². The molecule has 0 aromatic heterocycles. The minimum absolute atomic E-state index is 0.0783. The molecule has 8 heteroatoms. The Labute approximate surface area is 130 Å². The molecule has 1 aromatic rings. The molecule has 0 bridgehead atoms. The Kier molecular flexibility index (Phi) is 5.39. The molecule has 0 aliphatic carbocycles. The van der Waals surface area contributed by atoms with Crippen LogP contribution in [-0.4, -0.2) is 23.2 Å². The molecule has 0 radical (unpaired) electrons. The summed E-state index contributed by atoms with van der Waals surface area (Å²) in [6, 6.07) is 1.87. The molecule has 0 heterocycles. The first-order chi connectivity index (χ1) is 10.3. The van der Waals surface area contributed by atoms with Crippen molar-refractivity contribution in [1.29, 1.82) is 0 Å². The van der Waals surface area contributed by atoms with E-state index in [2.05, 4.69) is 0 Å². The van der Waals surface area contributed by atoms with E-state index in [0.29, 0.717) is 0 Å². The fourth-order valence-corrected chi connectivity index (χ4v) is 1.85. The summed E-state index contributed by atoms with van der Waals surface area (Å²) >= 11 is 0. The maximum Gasteiger partial charge on any atom is 0.394 e. The van der Waals surface area contributed by atoms with E-state index >= 15 is 0 Å². The smallest absolute Gasteiger partial charge is 0.394 e. The number of nitrogens with one attached hydrogen (secondary N) is 1. The normalized spacial score (nSPS) is 13.5. The number of carbonyl (C=O) groups excluding carboxylic acids is 1. The minimum atomic E-state index is -4.60. The Balaban J connectivity index is 2.95. The van der Waals surface area contributed by atoms with E-state index in [-0.39, 0.29) is 11.1 Å². The van der Waals surface area contributed by atoms with Gasteiger partial charge in [-0.25, -0.2) is 9.18 Å². The SMILES string of the molecule is Cc1cc(C(NC(=O)CC(C)(C)C(F)(F)F)C(=O)O)ccc1F. The summed E-state index contributed by atoms with van der Waals surface area (Å²) < 4.78 is 51.5. The van der Waals surface area contributed by atoms with Crippen molar-refractivity contribution >= 4 is 11.9 Å². The molecule has 0 fully saturated rings. The number of carboxylic acids is 1. The lowest BCUT2D eigenvalue weighted by atomic mass is 9.88. The van der Waals surface area contributed by atoms with E-state index < -0.39 is 41.7 Å². The molecule has 1 aromatic carbocycles. The average molecular weight is 335 g/mol. The number of carboxylic acid groups (broad SMARTS) is 1. The lowest BCUT2D eigenvalue weighted by molar-refractivity contribution is -0.213. The number of aliphatic carboxylic acids is 1. The number of carbonyl (C=O) groups is 2. The summed E-state index contributed by atoms with van der Waals surface area (Å²) in [5.41, 5.74) is -2.05. The van der Waals surface area contributed by atoms with E-state index in [4.69, 9.17) is 5.11 Å². The van der Waals surface area contributed by atoms with Crippen LogP contribution in [-0.2, 0) is 9.59 Å². The van der Waals surface area contributed by atoms with Gasteiger partial charge in [-0.05, 0) is 24.1 Å². The van der Waals surface area contributed by atoms with Crippen molar-refractivity contribution < 1.29 is 32.3 Å². The van der Waals surface area contributed by atoms with Crippen LogP contribution < -0.4 is 5.32 Å². The summed E-state index contributed by atoms with van der Waals surface area (Å²) in [7, 11) is 0. The lowest BCUT2D eigenvalue weighted by Crippen LogP contribution is -2.40. The molecule has 4 nitrogen and oxygen atoms in total. The van der Waals surface area contributed by atoms with Gasteiger partial charge in [-0.2, -0.15) is 13.2 Å². The number of hydrogen-bond donors (Lipinski definition) is 2. The van der Waals surface area contributed by atoms with Crippen molar-refractivity contribution in [2.45, 2.75) is 39.4 Å². The van der Waals surface area contributed by atoms with Crippen LogP contribution in [0.5, 0.6) is 0 Å². The van der Waals surface area contributed by atoms with Gasteiger partial charge in [0.05, 0.1) is 5.41 Å². The van der Waals surface area contributed by atoms with E-state index in [1.54, 1.807) is 0 Å². The standard InChI is InChI=1S/C15H17F4NO3/c1-8-6-9(4-5-10(8)16)12(13(22)23)20-11(21)7-14(2,3)15(17,18)19/h4-6,12H,7H2,1-3H3,(H,20,21)(H,22,23).